The molecular weight excluding hydrogens is 1530 g/mol. The molecule has 0 bridgehead atoms. The van der Waals surface area contributed by atoms with Gasteiger partial charge in [-0.2, -0.15) is 51.1 Å². The van der Waals surface area contributed by atoms with E-state index in [2.05, 4.69) is 146 Å². The summed E-state index contributed by atoms with van der Waals surface area (Å²) in [5.41, 5.74) is 20.1. The Bertz CT molecular complexity index is 5870. The van der Waals surface area contributed by atoms with E-state index in [0.29, 0.717) is 88.4 Å². The lowest BCUT2D eigenvalue weighted by Crippen LogP contribution is -2.55. The average Bonchev–Trinajstić information content (AvgIpc) is 1.49. The van der Waals surface area contributed by atoms with Gasteiger partial charge in [-0.05, 0) is 265 Å². The molecule has 16 atom stereocenters. The molecule has 4 heterocycles. The van der Waals surface area contributed by atoms with E-state index in [1.807, 2.05) is 43.9 Å². The molecular formula is C100H104N14O8. The predicted octanol–water partition coefficient (Wildman–Crippen LogP) is 21.0. The molecule has 8 aromatic carbocycles. The molecule has 24 rings (SSSR count). The number of benzene rings is 8. The van der Waals surface area contributed by atoms with Crippen LogP contribution in [0.5, 0.6) is 0 Å². The number of carbonyl (C=O) groups excluding carboxylic acids is 4. The molecule has 122 heavy (non-hydrogen) atoms. The predicted molar refractivity (Wildman–Crippen MR) is 457 cm³/mol. The zero-order valence-electron chi connectivity index (χ0n) is 70.1. The van der Waals surface area contributed by atoms with Gasteiger partial charge in [0, 0.05) is 43.1 Å². The number of nitrogens with zero attached hydrogens (tertiary/aromatic N) is 14. The largest absolute Gasteiger partial charge is 0.453 e. The molecule has 4 saturated heterocycles. The van der Waals surface area contributed by atoms with Gasteiger partial charge in [-0.3, -0.25) is 0 Å². The van der Waals surface area contributed by atoms with Crippen LogP contribution >= 0.6 is 0 Å². The van der Waals surface area contributed by atoms with Gasteiger partial charge in [-0.15, -0.1) is 0 Å². The van der Waals surface area contributed by atoms with Crippen LogP contribution in [0.2, 0.25) is 0 Å². The summed E-state index contributed by atoms with van der Waals surface area (Å²) < 4.78 is 21.3. The minimum atomic E-state index is -0.765. The maximum Gasteiger partial charge on any atom is 0.409 e. The lowest BCUT2D eigenvalue weighted by molar-refractivity contribution is 0.0923. The highest BCUT2D eigenvalue weighted by Crippen LogP contribution is 2.71. The van der Waals surface area contributed by atoms with Crippen LogP contribution in [0.15, 0.2) is 221 Å². The van der Waals surface area contributed by atoms with E-state index in [9.17, 15) is 19.2 Å². The molecule has 8 aromatic rings. The van der Waals surface area contributed by atoms with Crippen molar-refractivity contribution in [1.29, 1.82) is 0 Å². The van der Waals surface area contributed by atoms with Gasteiger partial charge in [0.15, 0.2) is 0 Å². The van der Waals surface area contributed by atoms with Gasteiger partial charge in [-0.1, -0.05) is 171 Å². The Morgan fingerprint density at radius 2 is 0.566 bits per heavy atom. The number of ether oxygens (including phenoxy) is 4. The highest BCUT2D eigenvalue weighted by Gasteiger charge is 2.71. The number of azo groups is 5. The third kappa shape index (κ3) is 10.4. The Balaban J connectivity index is 0.000000142. The summed E-state index contributed by atoms with van der Waals surface area (Å²) in [4.78, 5) is 60.7. The van der Waals surface area contributed by atoms with Gasteiger partial charge in [0.05, 0.1) is 69.3 Å². The van der Waals surface area contributed by atoms with Crippen molar-refractivity contribution in [1.82, 2.24) is 19.6 Å². The van der Waals surface area contributed by atoms with Gasteiger partial charge < -0.3 is 38.5 Å². The van der Waals surface area contributed by atoms with E-state index in [0.717, 1.165) is 135 Å². The number of hydrogen-bond donors (Lipinski definition) is 0. The van der Waals surface area contributed by atoms with Crippen molar-refractivity contribution >= 4 is 47.1 Å². The van der Waals surface area contributed by atoms with Crippen LogP contribution in [0.25, 0.3) is 0 Å². The van der Waals surface area contributed by atoms with Crippen molar-refractivity contribution in [2.24, 2.45) is 74.8 Å². The monoisotopic (exact) mass is 1630 g/mol. The Hall–Kier alpha value is -11.2. The number of carbonyl (C=O) groups is 4. The molecule has 22 nitrogen and oxygen atoms in total. The Morgan fingerprint density at radius 3 is 1.03 bits per heavy atom. The Labute approximate surface area is 711 Å². The van der Waals surface area contributed by atoms with Crippen LogP contribution in [0.4, 0.5) is 41.9 Å². The van der Waals surface area contributed by atoms with Gasteiger partial charge in [0.25, 0.3) is 0 Å². The second-order valence-corrected chi connectivity index (χ2v) is 38.0. The van der Waals surface area contributed by atoms with Crippen molar-refractivity contribution in [2.45, 2.75) is 222 Å². The van der Waals surface area contributed by atoms with Gasteiger partial charge >= 0.3 is 24.4 Å². The molecule has 0 radical (unpaired) electrons. The number of amides is 4. The van der Waals surface area contributed by atoms with Gasteiger partial charge in [0.1, 0.15) is 33.2 Å². The van der Waals surface area contributed by atoms with Crippen LogP contribution in [0.1, 0.15) is 192 Å². The minimum absolute atomic E-state index is 0.0827. The minimum Gasteiger partial charge on any atom is -0.453 e. The fourth-order valence-corrected chi connectivity index (χ4v) is 28.9. The topological polar surface area (TPSA) is 242 Å². The fourth-order valence-electron chi connectivity index (χ4n) is 28.9. The lowest BCUT2D eigenvalue weighted by atomic mass is 9.53. The summed E-state index contributed by atoms with van der Waals surface area (Å²) in [6, 6.07) is 59.9. The number of fused-ring (bicyclic) bond motifs is 25. The SMILES string of the molecule is COC(=O)N1CC[C@]2(N=Nc3cccc4c3CC3N(C(=O)OC)CC[C@@]43N=N[C@]34CCCC3Cc3c(N=N[C@]56CCCC5Cc5ccccc56)cccc34)c3ccccc3CC12.COC(=O)N1CC[C@]2(N=Nc3cccc4c3C[C@H]3N(C(=O)OC)CC[C@@]43[C@]34CCC[C@H]3Cc3c(N=N[C@]56CCCC5Cc5ccccc56)cccc34)c3ccccc3CC12. The summed E-state index contributed by atoms with van der Waals surface area (Å²) in [5, 5.41) is 53.1. The zero-order chi connectivity index (χ0) is 82.3. The van der Waals surface area contributed by atoms with Gasteiger partial charge in [-0.25, -0.2) is 19.2 Å². The second-order valence-electron chi connectivity index (χ2n) is 38.0. The number of rotatable bonds is 11. The molecule has 6 unspecified atom stereocenters. The van der Waals surface area contributed by atoms with E-state index >= 15 is 0 Å². The summed E-state index contributed by atoms with van der Waals surface area (Å²) in [6.07, 6.45) is 21.6. The molecule has 22 heteroatoms. The molecule has 622 valence electrons. The quantitative estimate of drug-likeness (QED) is 0.0888. The summed E-state index contributed by atoms with van der Waals surface area (Å²) in [6.45, 7) is 2.29. The molecule has 4 aliphatic heterocycles. The van der Waals surface area contributed by atoms with E-state index < -0.39 is 22.2 Å². The number of methoxy groups -OCH3 is 4. The van der Waals surface area contributed by atoms with E-state index in [1.165, 1.54) is 121 Å². The van der Waals surface area contributed by atoms with Crippen molar-refractivity contribution in [3.8, 4) is 0 Å². The first kappa shape index (κ1) is 75.8. The standard InChI is InChI=1S/C50H52N8O4.C50H52N6O4/c1-61-45(59)57-25-23-49(38-16-6-4-12-32(38)28-43(49)57)54-52-42-20-8-18-40-36(42)30-44-50(40,24-26-58(44)46(60)62-2)56-55-48-22-10-14-34(48)29-35-39(48)17-7-19-41(35)51-53-47-21-9-13-33(47)27-31-11-3-5-15-37(31)47;1-59-45(57)55-25-23-48(40-18-8-20-42(36(40)30-43(48)55)52-54-50-24-26-56(46(58)60-2)44(50)28-32-12-4-6-16-38(32)50)47-21-9-13-33(47)29-35-39(47)17-7-19-41(35)51-53-49-22-10-14-34(49)27-31-11-3-5-15-37(31)49/h3-8,11-12,15-20,33-34,43-44H,9-10,13-14,21-30H2,1-2H3;3-8,11-12,15-20,33-34,43-44H,9-10,13-14,21-30H2,1-2H3/t33?,34?,43?,44?,47-,48-,49+,50-;33-,34?,43+,44?,47+,48+,49+,50-/m10/s1. The highest BCUT2D eigenvalue weighted by molar-refractivity contribution is 5.75. The fraction of sp³-hybridized carbons (Fsp3) is 0.480. The van der Waals surface area contributed by atoms with Crippen LogP contribution in [-0.4, -0.2) is 123 Å². The second kappa shape index (κ2) is 28.2. The van der Waals surface area contributed by atoms with Crippen molar-refractivity contribution in [3.05, 3.63) is 259 Å². The van der Waals surface area contributed by atoms with Crippen LogP contribution in [0, 0.1) is 23.7 Å². The molecule has 0 spiro atoms. The third-order valence-corrected chi connectivity index (χ3v) is 33.9. The molecule has 16 aliphatic rings. The van der Waals surface area contributed by atoms with Crippen molar-refractivity contribution in [2.75, 3.05) is 54.6 Å². The normalized spacial score (nSPS) is 33.5. The third-order valence-electron chi connectivity index (χ3n) is 33.9. The first-order valence-electron chi connectivity index (χ1n) is 45.1. The van der Waals surface area contributed by atoms with Crippen molar-refractivity contribution in [3.63, 3.8) is 0 Å². The van der Waals surface area contributed by atoms with Crippen LogP contribution in [0.3, 0.4) is 0 Å². The van der Waals surface area contributed by atoms with Crippen LogP contribution in [-0.2, 0) is 114 Å². The van der Waals surface area contributed by atoms with Crippen molar-refractivity contribution < 1.29 is 38.1 Å². The molecule has 12 aliphatic carbocycles. The van der Waals surface area contributed by atoms with Gasteiger partial charge in [0.2, 0.25) is 0 Å². The summed E-state index contributed by atoms with van der Waals surface area (Å²) >= 11 is 0. The number of hydrogen-bond acceptors (Lipinski definition) is 18. The highest BCUT2D eigenvalue weighted by atomic mass is 16.6. The maximum atomic E-state index is 13.8. The summed E-state index contributed by atoms with van der Waals surface area (Å²) in [5.74, 6) is 1.75. The average molecular weight is 1630 g/mol. The first-order valence-corrected chi connectivity index (χ1v) is 45.1. The molecule has 8 fully saturated rings. The Kier molecular flexibility index (Phi) is 17.5. The smallest absolute Gasteiger partial charge is 0.409 e. The molecule has 4 saturated carbocycles. The zero-order valence-corrected chi connectivity index (χ0v) is 70.1. The van der Waals surface area contributed by atoms with E-state index in [4.69, 9.17) is 70.1 Å². The molecule has 0 aromatic heterocycles. The Morgan fingerprint density at radius 1 is 0.270 bits per heavy atom. The lowest BCUT2D eigenvalue weighted by Gasteiger charge is -2.50. The number of likely N-dealkylation sites (tertiary alicyclic amines) is 4. The summed E-state index contributed by atoms with van der Waals surface area (Å²) in [7, 11) is 5.84. The molecule has 0 N–H and O–H groups in total. The van der Waals surface area contributed by atoms with E-state index in [1.54, 1.807) is 0 Å². The maximum absolute atomic E-state index is 13.8. The molecule has 4 amide bonds. The van der Waals surface area contributed by atoms with Crippen LogP contribution < -0.4 is 0 Å². The first-order chi connectivity index (χ1) is 59.7. The van der Waals surface area contributed by atoms with E-state index in [-0.39, 0.29) is 70.4 Å².